The topological polar surface area (TPSA) is 180 Å². The largest absolute Gasteiger partial charge is 0.444 e. The first kappa shape index (κ1) is 27.3. The zero-order valence-corrected chi connectivity index (χ0v) is 20.0. The van der Waals surface area contributed by atoms with Crippen molar-refractivity contribution in [3.63, 3.8) is 0 Å². The highest BCUT2D eigenvalue weighted by Gasteiger charge is 2.38. The third-order valence-corrected chi connectivity index (χ3v) is 5.11. The summed E-state index contributed by atoms with van der Waals surface area (Å²) in [5.74, 6) is -1.19. The van der Waals surface area contributed by atoms with Crippen molar-refractivity contribution in [3.05, 3.63) is 81.9 Å². The van der Waals surface area contributed by atoms with Crippen LogP contribution in [0, 0.1) is 10.1 Å². The second kappa shape index (κ2) is 11.9. The number of nitro groups is 1. The molecule has 0 aliphatic heterocycles. The maximum Gasteiger partial charge on any atom is 0.411 e. The van der Waals surface area contributed by atoms with Crippen LogP contribution in [0.25, 0.3) is 0 Å². The van der Waals surface area contributed by atoms with E-state index < -0.39 is 46.6 Å². The van der Waals surface area contributed by atoms with Crippen molar-refractivity contribution >= 4 is 17.8 Å². The Bertz CT molecular complexity index is 1000. The lowest BCUT2D eigenvalue weighted by Crippen LogP contribution is -2.52. The van der Waals surface area contributed by atoms with E-state index in [4.69, 9.17) is 21.9 Å². The summed E-state index contributed by atoms with van der Waals surface area (Å²) in [7, 11) is 0. The molecule has 0 aromatic heterocycles. The molecule has 11 nitrogen and oxygen atoms in total. The summed E-state index contributed by atoms with van der Waals surface area (Å²) in [4.78, 5) is 38.2. The van der Waals surface area contributed by atoms with E-state index in [0.717, 1.165) is 11.1 Å². The second-order valence-electron chi connectivity index (χ2n) is 8.98. The molecule has 2 rings (SSSR count). The van der Waals surface area contributed by atoms with Gasteiger partial charge in [-0.25, -0.2) is 14.9 Å². The van der Waals surface area contributed by atoms with Gasteiger partial charge in [0.1, 0.15) is 11.6 Å². The number of hydrazone groups is 1. The zero-order chi connectivity index (χ0) is 26.2. The number of carbonyl (C=O) groups excluding carboxylic acids is 2. The van der Waals surface area contributed by atoms with Gasteiger partial charge < -0.3 is 21.9 Å². The number of ether oxygens (including phenoxy) is 1. The molecule has 11 heteroatoms. The van der Waals surface area contributed by atoms with Crippen molar-refractivity contribution in [3.8, 4) is 0 Å². The molecular weight excluding hydrogens is 452 g/mol. The van der Waals surface area contributed by atoms with Crippen LogP contribution in [0.3, 0.4) is 0 Å². The number of amides is 2. The molecule has 0 saturated carbocycles. The van der Waals surface area contributed by atoms with Crippen molar-refractivity contribution in [2.45, 2.75) is 57.3 Å². The summed E-state index contributed by atoms with van der Waals surface area (Å²) in [6.07, 6.45) is -0.772. The lowest BCUT2D eigenvalue weighted by atomic mass is 9.94. The monoisotopic (exact) mass is 484 g/mol. The molecule has 0 heterocycles. The molecule has 2 aromatic carbocycles. The predicted octanol–water partition coefficient (Wildman–Crippen LogP) is 2.52. The molecule has 188 valence electrons. The van der Waals surface area contributed by atoms with Gasteiger partial charge in [0.15, 0.2) is 10.9 Å². The minimum Gasteiger partial charge on any atom is -0.444 e. The normalized spacial score (nSPS) is 13.7. The molecule has 2 amide bonds. The number of benzene rings is 2. The molecule has 0 radical (unpaired) electrons. The van der Waals surface area contributed by atoms with Gasteiger partial charge in [0.05, 0.1) is 17.2 Å². The van der Waals surface area contributed by atoms with Crippen LogP contribution in [0.5, 0.6) is 0 Å². The van der Waals surface area contributed by atoms with Crippen LogP contribution < -0.4 is 17.2 Å². The van der Waals surface area contributed by atoms with E-state index in [0.29, 0.717) is 0 Å². The van der Waals surface area contributed by atoms with Crippen LogP contribution in [-0.4, -0.2) is 45.5 Å². The van der Waals surface area contributed by atoms with Crippen molar-refractivity contribution in [2.24, 2.45) is 22.3 Å². The van der Waals surface area contributed by atoms with Crippen LogP contribution >= 0.6 is 0 Å². The maximum absolute atomic E-state index is 13.5. The first-order valence-electron chi connectivity index (χ1n) is 11.0. The molecule has 0 bridgehead atoms. The fraction of sp³-hybridized carbons (Fsp3) is 0.375. The van der Waals surface area contributed by atoms with Gasteiger partial charge in [-0.15, -0.1) is 0 Å². The standard InChI is InChI=1S/C24H32N6O5/c1-24(2,3)35-23(32)29(19(22(27)31)15-14-18(25)21(26)28-30(33)34)20(16-10-6-4-7-11-16)17-12-8-5-9-13-17/h4-13,18-20H,14-15,25H2,1-3H3,(H2,26,28)(H2,27,31)/t18?,19-/m0/s1. The van der Waals surface area contributed by atoms with Gasteiger partial charge in [-0.1, -0.05) is 60.7 Å². The summed E-state index contributed by atoms with van der Waals surface area (Å²) in [6.45, 7) is 5.15. The average molecular weight is 485 g/mol. The first-order valence-corrected chi connectivity index (χ1v) is 11.0. The second-order valence-corrected chi connectivity index (χ2v) is 8.98. The highest BCUT2D eigenvalue weighted by atomic mass is 16.7. The molecule has 2 aromatic rings. The SMILES string of the molecule is CC(C)(C)OC(=O)N(C(c1ccccc1)c1ccccc1)[C@@H](CCC(N)C(N)=N[N+](=O)[O-])C(N)=O. The Balaban J connectivity index is 2.57. The number of primary amides is 1. The Labute approximate surface area is 204 Å². The van der Waals surface area contributed by atoms with Crippen LogP contribution in [0.4, 0.5) is 4.79 Å². The Kier molecular flexibility index (Phi) is 9.29. The summed E-state index contributed by atoms with van der Waals surface area (Å²) in [5.41, 5.74) is 17.9. The van der Waals surface area contributed by atoms with Crippen molar-refractivity contribution in [2.75, 3.05) is 0 Å². The fourth-order valence-corrected chi connectivity index (χ4v) is 3.58. The van der Waals surface area contributed by atoms with Gasteiger partial charge in [-0.05, 0) is 44.7 Å². The quantitative estimate of drug-likeness (QED) is 0.200. The van der Waals surface area contributed by atoms with Gasteiger partial charge in [0, 0.05) is 0 Å². The molecule has 0 saturated heterocycles. The predicted molar refractivity (Wildman–Crippen MR) is 132 cm³/mol. The summed E-state index contributed by atoms with van der Waals surface area (Å²) < 4.78 is 5.67. The molecule has 0 fully saturated rings. The van der Waals surface area contributed by atoms with Crippen molar-refractivity contribution < 1.29 is 19.4 Å². The minimum atomic E-state index is -1.16. The summed E-state index contributed by atoms with van der Waals surface area (Å²) in [5, 5.41) is 12.7. The third-order valence-electron chi connectivity index (χ3n) is 5.11. The summed E-state index contributed by atoms with van der Waals surface area (Å²) in [6, 6.07) is 15.4. The molecule has 6 N–H and O–H groups in total. The van der Waals surface area contributed by atoms with Gasteiger partial charge >= 0.3 is 6.09 Å². The molecule has 0 aliphatic carbocycles. The lowest BCUT2D eigenvalue weighted by molar-refractivity contribution is -0.485. The van der Waals surface area contributed by atoms with E-state index in [1.54, 1.807) is 20.8 Å². The van der Waals surface area contributed by atoms with Crippen LogP contribution in [-0.2, 0) is 9.53 Å². The third kappa shape index (κ3) is 8.07. The average Bonchev–Trinajstić information content (AvgIpc) is 2.77. The highest BCUT2D eigenvalue weighted by molar-refractivity contribution is 5.86. The van der Waals surface area contributed by atoms with Crippen LogP contribution in [0.1, 0.15) is 50.8 Å². The Morgan fingerprint density at radius 1 is 1.00 bits per heavy atom. The Morgan fingerprint density at radius 3 is 1.89 bits per heavy atom. The number of amidine groups is 1. The van der Waals surface area contributed by atoms with E-state index in [2.05, 4.69) is 5.10 Å². The van der Waals surface area contributed by atoms with Crippen molar-refractivity contribution in [1.29, 1.82) is 0 Å². The number of hydrogen-bond donors (Lipinski definition) is 3. The minimum absolute atomic E-state index is 0.00633. The number of nitrogens with two attached hydrogens (primary N) is 3. The summed E-state index contributed by atoms with van der Waals surface area (Å²) >= 11 is 0. The van der Waals surface area contributed by atoms with Gasteiger partial charge in [-0.3, -0.25) is 9.69 Å². The Morgan fingerprint density at radius 2 is 1.49 bits per heavy atom. The van der Waals surface area contributed by atoms with Gasteiger partial charge in [-0.2, -0.15) is 0 Å². The van der Waals surface area contributed by atoms with Crippen LogP contribution in [0.15, 0.2) is 65.8 Å². The van der Waals surface area contributed by atoms with E-state index >= 15 is 0 Å². The molecule has 1 unspecified atom stereocenters. The number of nitrogens with zero attached hydrogens (tertiary/aromatic N) is 3. The highest BCUT2D eigenvalue weighted by Crippen LogP contribution is 2.33. The van der Waals surface area contributed by atoms with Crippen molar-refractivity contribution in [1.82, 2.24) is 4.90 Å². The molecule has 2 atom stereocenters. The smallest absolute Gasteiger partial charge is 0.411 e. The zero-order valence-electron chi connectivity index (χ0n) is 20.0. The maximum atomic E-state index is 13.5. The molecule has 0 spiro atoms. The number of rotatable bonds is 10. The van der Waals surface area contributed by atoms with E-state index in [1.807, 2.05) is 60.7 Å². The molecule has 0 aliphatic rings. The van der Waals surface area contributed by atoms with Gasteiger partial charge in [0.25, 0.3) is 0 Å². The lowest BCUT2D eigenvalue weighted by Gasteiger charge is -2.38. The van der Waals surface area contributed by atoms with Crippen LogP contribution in [0.2, 0.25) is 0 Å². The van der Waals surface area contributed by atoms with E-state index in [-0.39, 0.29) is 12.8 Å². The van der Waals surface area contributed by atoms with E-state index in [1.165, 1.54) is 4.90 Å². The van der Waals surface area contributed by atoms with Gasteiger partial charge in [0.2, 0.25) is 5.91 Å². The number of carbonyl (C=O) groups is 2. The molecular formula is C24H32N6O5. The fourth-order valence-electron chi connectivity index (χ4n) is 3.58. The molecule has 35 heavy (non-hydrogen) atoms. The Hall–Kier alpha value is -3.99. The number of hydrogen-bond acceptors (Lipinski definition) is 6. The first-order chi connectivity index (χ1) is 16.4. The van der Waals surface area contributed by atoms with E-state index in [9.17, 15) is 19.7 Å².